The van der Waals surface area contributed by atoms with Crippen LogP contribution in [0.4, 0.5) is 4.79 Å². The summed E-state index contributed by atoms with van der Waals surface area (Å²) in [4.78, 5) is 40.9. The zero-order chi connectivity index (χ0) is 28.7. The third-order valence-corrected chi connectivity index (χ3v) is 7.44. The van der Waals surface area contributed by atoms with Crippen LogP contribution >= 0.6 is 0 Å². The summed E-state index contributed by atoms with van der Waals surface area (Å²) >= 11 is 0. The molecule has 0 spiro atoms. The maximum atomic E-state index is 13.9. The van der Waals surface area contributed by atoms with E-state index in [2.05, 4.69) is 10.6 Å². The van der Waals surface area contributed by atoms with Crippen molar-refractivity contribution in [2.24, 2.45) is 5.41 Å². The van der Waals surface area contributed by atoms with Crippen molar-refractivity contribution < 1.29 is 33.5 Å². The Morgan fingerprint density at radius 3 is 1.97 bits per heavy atom. The number of nitrogens with one attached hydrogen (secondary N) is 2. The average Bonchev–Trinajstić information content (AvgIpc) is 3.10. The molecule has 212 valence electrons. The fraction of sp³-hybridized carbons (Fsp3) is 0.885. The van der Waals surface area contributed by atoms with Gasteiger partial charge in [-0.1, -0.05) is 6.42 Å². The van der Waals surface area contributed by atoms with Gasteiger partial charge in [0.15, 0.2) is 0 Å². The van der Waals surface area contributed by atoms with Gasteiger partial charge in [-0.2, -0.15) is 0 Å². The van der Waals surface area contributed by atoms with Crippen molar-refractivity contribution in [2.75, 3.05) is 19.7 Å². The summed E-state index contributed by atoms with van der Waals surface area (Å²) in [6.45, 7) is 19.6. The highest BCUT2D eigenvalue weighted by atomic mass is 16.7. The molecule has 2 unspecified atom stereocenters. The van der Waals surface area contributed by atoms with Gasteiger partial charge in [-0.25, -0.2) is 4.79 Å². The highest BCUT2D eigenvalue weighted by Crippen LogP contribution is 2.45. The van der Waals surface area contributed by atoms with Crippen LogP contribution in [-0.4, -0.2) is 82.6 Å². The quantitative estimate of drug-likeness (QED) is 0.437. The lowest BCUT2D eigenvalue weighted by molar-refractivity contribution is -0.139. The fourth-order valence-corrected chi connectivity index (χ4v) is 5.00. The molecule has 0 radical (unpaired) electrons. The first-order valence-electron chi connectivity index (χ1n) is 13.1. The van der Waals surface area contributed by atoms with E-state index in [1.165, 1.54) is 11.8 Å². The molecule has 3 amide bonds. The van der Waals surface area contributed by atoms with Gasteiger partial charge in [0.05, 0.1) is 24.4 Å². The van der Waals surface area contributed by atoms with Gasteiger partial charge in [-0.05, 0) is 82.0 Å². The largest absolute Gasteiger partial charge is 0.457 e. The number of hydrogen-bond donors (Lipinski definition) is 3. The Kier molecular flexibility index (Phi) is 8.80. The van der Waals surface area contributed by atoms with Crippen molar-refractivity contribution in [1.29, 1.82) is 0 Å². The number of rotatable bonds is 7. The molecule has 2 atom stereocenters. The summed E-state index contributed by atoms with van der Waals surface area (Å²) < 4.78 is 17.8. The van der Waals surface area contributed by atoms with E-state index < -0.39 is 64.9 Å². The molecule has 2 rings (SSSR count). The van der Waals surface area contributed by atoms with Gasteiger partial charge < -0.3 is 34.7 Å². The zero-order valence-corrected chi connectivity index (χ0v) is 24.7. The van der Waals surface area contributed by atoms with E-state index in [1.807, 2.05) is 48.5 Å². The lowest BCUT2D eigenvalue weighted by Crippen LogP contribution is -2.70. The molecule has 2 aliphatic rings. The van der Waals surface area contributed by atoms with Crippen LogP contribution in [-0.2, 0) is 23.6 Å². The zero-order valence-electron chi connectivity index (χ0n) is 24.7. The monoisotopic (exact) mass is 525 g/mol. The van der Waals surface area contributed by atoms with Gasteiger partial charge in [0.1, 0.15) is 11.1 Å². The van der Waals surface area contributed by atoms with E-state index in [0.29, 0.717) is 19.2 Å². The summed E-state index contributed by atoms with van der Waals surface area (Å²) in [6.07, 6.45) is 0.791. The standard InChI is InChI=1S/C26H48BN3O7/c1-18(32)28-26(19(33)29-21(2,3)4)16-30(20(34)35-22(5,6)7)15-25(26,17-31)13-12-14-27-36-23(8,9)24(10,11)37-27/h31H,12-17H2,1-11H3,(H,28,32)(H,29,33). The number of nitrogens with zero attached hydrogens (tertiary/aromatic N) is 1. The average molecular weight is 525 g/mol. The second-order valence-corrected chi connectivity index (χ2v) is 13.6. The van der Waals surface area contributed by atoms with Gasteiger partial charge >= 0.3 is 13.2 Å². The Morgan fingerprint density at radius 1 is 1.00 bits per heavy atom. The number of hydrogen-bond acceptors (Lipinski definition) is 7. The first-order chi connectivity index (χ1) is 16.6. The van der Waals surface area contributed by atoms with Gasteiger partial charge in [0, 0.05) is 24.4 Å². The van der Waals surface area contributed by atoms with Crippen molar-refractivity contribution in [3.63, 3.8) is 0 Å². The summed E-state index contributed by atoms with van der Waals surface area (Å²) in [7, 11) is -0.442. The smallest absolute Gasteiger partial charge is 0.444 e. The third-order valence-electron chi connectivity index (χ3n) is 7.44. The minimum atomic E-state index is -1.56. The Bertz CT molecular complexity index is 864. The minimum absolute atomic E-state index is 0.0413. The fourth-order valence-electron chi connectivity index (χ4n) is 5.00. The maximum Gasteiger partial charge on any atom is 0.457 e. The van der Waals surface area contributed by atoms with Crippen LogP contribution in [0.3, 0.4) is 0 Å². The molecule has 10 nitrogen and oxygen atoms in total. The Morgan fingerprint density at radius 2 is 1.54 bits per heavy atom. The van der Waals surface area contributed by atoms with E-state index in [-0.39, 0.29) is 13.1 Å². The number of ether oxygens (including phenoxy) is 1. The molecule has 0 aromatic rings. The summed E-state index contributed by atoms with van der Waals surface area (Å²) in [5.74, 6) is -0.884. The predicted octanol–water partition coefficient (Wildman–Crippen LogP) is 2.88. The molecular weight excluding hydrogens is 477 g/mol. The first-order valence-corrected chi connectivity index (χ1v) is 13.1. The van der Waals surface area contributed by atoms with E-state index in [0.717, 1.165) is 0 Å². The third kappa shape index (κ3) is 6.97. The van der Waals surface area contributed by atoms with Crippen molar-refractivity contribution in [3.8, 4) is 0 Å². The highest BCUT2D eigenvalue weighted by molar-refractivity contribution is 6.45. The summed E-state index contributed by atoms with van der Waals surface area (Å²) in [5, 5.41) is 16.6. The van der Waals surface area contributed by atoms with Crippen LogP contribution in [0.1, 0.15) is 89.0 Å². The highest BCUT2D eigenvalue weighted by Gasteiger charge is 2.64. The molecule has 2 saturated heterocycles. The Hall–Kier alpha value is -1.85. The molecule has 0 aliphatic carbocycles. The molecule has 2 fully saturated rings. The minimum Gasteiger partial charge on any atom is -0.444 e. The van der Waals surface area contributed by atoms with Gasteiger partial charge in [-0.15, -0.1) is 0 Å². The van der Waals surface area contributed by atoms with Gasteiger partial charge in [-0.3, -0.25) is 9.59 Å². The predicted molar refractivity (Wildman–Crippen MR) is 142 cm³/mol. The van der Waals surface area contributed by atoms with E-state index in [1.54, 1.807) is 20.8 Å². The molecule has 2 heterocycles. The molecule has 0 aromatic heterocycles. The van der Waals surface area contributed by atoms with Crippen molar-refractivity contribution in [2.45, 2.75) is 123 Å². The van der Waals surface area contributed by atoms with Gasteiger partial charge in [0.25, 0.3) is 0 Å². The summed E-state index contributed by atoms with van der Waals surface area (Å²) in [5.41, 5.74) is -5.02. The van der Waals surface area contributed by atoms with E-state index in [4.69, 9.17) is 14.0 Å². The molecule has 2 aliphatic heterocycles. The molecule has 11 heteroatoms. The number of aliphatic hydroxyl groups is 1. The number of aliphatic hydroxyl groups excluding tert-OH is 1. The van der Waals surface area contributed by atoms with Crippen LogP contribution in [0.2, 0.25) is 6.32 Å². The van der Waals surface area contributed by atoms with Crippen molar-refractivity contribution in [1.82, 2.24) is 15.5 Å². The number of likely N-dealkylation sites (tertiary alicyclic amines) is 1. The Labute approximate surface area is 222 Å². The topological polar surface area (TPSA) is 126 Å². The number of carbonyl (C=O) groups excluding carboxylic acids is 3. The lowest BCUT2D eigenvalue weighted by atomic mass is 9.66. The maximum absolute atomic E-state index is 13.9. The second kappa shape index (κ2) is 10.4. The van der Waals surface area contributed by atoms with E-state index >= 15 is 0 Å². The SMILES string of the molecule is CC(=O)NC1(C(=O)NC(C)(C)C)CN(C(=O)OC(C)(C)C)CC1(CO)CCCB1OC(C)(C)C(C)(C)O1. The Balaban J connectivity index is 2.42. The number of carbonyl (C=O) groups is 3. The van der Waals surface area contributed by atoms with Crippen molar-refractivity contribution in [3.05, 3.63) is 0 Å². The van der Waals surface area contributed by atoms with Crippen LogP contribution in [0.15, 0.2) is 0 Å². The first kappa shape index (κ1) is 31.4. The van der Waals surface area contributed by atoms with Crippen LogP contribution < -0.4 is 10.6 Å². The van der Waals surface area contributed by atoms with Crippen LogP contribution in [0.5, 0.6) is 0 Å². The molecule has 3 N–H and O–H groups in total. The van der Waals surface area contributed by atoms with Crippen molar-refractivity contribution >= 4 is 25.0 Å². The van der Waals surface area contributed by atoms with Crippen LogP contribution in [0, 0.1) is 5.41 Å². The lowest BCUT2D eigenvalue weighted by Gasteiger charge is -2.44. The number of amides is 3. The van der Waals surface area contributed by atoms with Crippen LogP contribution in [0.25, 0.3) is 0 Å². The normalized spacial score (nSPS) is 27.2. The molecule has 0 bridgehead atoms. The van der Waals surface area contributed by atoms with E-state index in [9.17, 15) is 19.5 Å². The summed E-state index contributed by atoms with van der Waals surface area (Å²) in [6, 6.07) is 0. The molecule has 37 heavy (non-hydrogen) atoms. The van der Waals surface area contributed by atoms with Gasteiger partial charge in [0.2, 0.25) is 11.8 Å². The molecule has 0 aromatic carbocycles. The second-order valence-electron chi connectivity index (χ2n) is 13.6. The molecule has 0 saturated carbocycles. The molecular formula is C26H48BN3O7.